The van der Waals surface area contributed by atoms with Crippen LogP contribution >= 0.6 is 0 Å². The number of hydrogen-bond donors (Lipinski definition) is 1. The summed E-state index contributed by atoms with van der Waals surface area (Å²) in [6.45, 7) is 11.5. The Bertz CT molecular complexity index is 178. The summed E-state index contributed by atoms with van der Waals surface area (Å²) in [5.74, 6) is 0.354. The summed E-state index contributed by atoms with van der Waals surface area (Å²) < 4.78 is 0. The monoisotopic (exact) mass is 200 g/mol. The molecule has 0 heterocycles. The predicted octanol–water partition coefficient (Wildman–Crippen LogP) is 1.62. The van der Waals surface area contributed by atoms with Crippen molar-refractivity contribution in [1.29, 1.82) is 0 Å². The molecule has 3 heteroatoms. The van der Waals surface area contributed by atoms with E-state index in [1.165, 1.54) is 0 Å². The van der Waals surface area contributed by atoms with Crippen molar-refractivity contribution in [3.63, 3.8) is 0 Å². The molecule has 0 aliphatic heterocycles. The van der Waals surface area contributed by atoms with Crippen LogP contribution in [0.25, 0.3) is 0 Å². The number of rotatable bonds is 6. The summed E-state index contributed by atoms with van der Waals surface area (Å²) >= 11 is 0. The molecule has 14 heavy (non-hydrogen) atoms. The summed E-state index contributed by atoms with van der Waals surface area (Å²) in [5, 5.41) is 0. The van der Waals surface area contributed by atoms with Crippen molar-refractivity contribution in [3.05, 3.63) is 0 Å². The number of amides is 1. The van der Waals surface area contributed by atoms with Gasteiger partial charge in [0, 0.05) is 12.6 Å². The molecular weight excluding hydrogens is 176 g/mol. The van der Waals surface area contributed by atoms with Gasteiger partial charge >= 0.3 is 0 Å². The lowest BCUT2D eigenvalue weighted by molar-refractivity contribution is -0.124. The van der Waals surface area contributed by atoms with Gasteiger partial charge in [-0.05, 0) is 26.2 Å². The van der Waals surface area contributed by atoms with E-state index in [4.69, 9.17) is 5.73 Å². The van der Waals surface area contributed by atoms with Crippen molar-refractivity contribution in [2.24, 2.45) is 11.7 Å². The van der Waals surface area contributed by atoms with Gasteiger partial charge in [-0.3, -0.25) is 9.69 Å². The van der Waals surface area contributed by atoms with Crippen molar-refractivity contribution in [2.45, 2.75) is 53.1 Å². The molecule has 84 valence electrons. The quantitative estimate of drug-likeness (QED) is 0.708. The van der Waals surface area contributed by atoms with Crippen molar-refractivity contribution in [1.82, 2.24) is 4.90 Å². The van der Waals surface area contributed by atoms with E-state index in [-0.39, 0.29) is 11.9 Å². The number of nitrogens with two attached hydrogens (primary N) is 1. The van der Waals surface area contributed by atoms with E-state index in [0.29, 0.717) is 12.0 Å². The molecule has 0 aromatic carbocycles. The molecule has 1 atom stereocenters. The van der Waals surface area contributed by atoms with Crippen molar-refractivity contribution < 1.29 is 4.79 Å². The summed E-state index contributed by atoms with van der Waals surface area (Å²) in [6, 6.07) is 0.257. The second-order valence-corrected chi connectivity index (χ2v) is 4.51. The Hall–Kier alpha value is -0.570. The first kappa shape index (κ1) is 13.4. The summed E-state index contributed by atoms with van der Waals surface area (Å²) in [7, 11) is 0. The van der Waals surface area contributed by atoms with E-state index in [1.54, 1.807) is 0 Å². The maximum absolute atomic E-state index is 11.2. The normalized spacial score (nSPS) is 14.0. The van der Waals surface area contributed by atoms with Gasteiger partial charge in [0.2, 0.25) is 5.91 Å². The standard InChI is InChI=1S/C11H24N2O/c1-6-10(11(12)14)13(9(4)5)7-8(2)3/h8-10H,6-7H2,1-5H3,(H2,12,14). The van der Waals surface area contributed by atoms with Crippen LogP contribution in [0.3, 0.4) is 0 Å². The van der Waals surface area contributed by atoms with Crippen LogP contribution in [0.5, 0.6) is 0 Å². The SMILES string of the molecule is CCC(C(N)=O)N(CC(C)C)C(C)C. The topological polar surface area (TPSA) is 46.3 Å². The molecule has 0 fully saturated rings. The van der Waals surface area contributed by atoms with E-state index in [0.717, 1.165) is 13.0 Å². The molecular formula is C11H24N2O. The maximum Gasteiger partial charge on any atom is 0.234 e. The van der Waals surface area contributed by atoms with Gasteiger partial charge in [0.1, 0.15) is 0 Å². The average molecular weight is 200 g/mol. The highest BCUT2D eigenvalue weighted by Gasteiger charge is 2.24. The lowest BCUT2D eigenvalue weighted by atomic mass is 10.1. The molecule has 0 saturated carbocycles. The lowest BCUT2D eigenvalue weighted by Crippen LogP contribution is -2.49. The van der Waals surface area contributed by atoms with Crippen LogP contribution in [0.15, 0.2) is 0 Å². The Morgan fingerprint density at radius 1 is 1.29 bits per heavy atom. The number of nitrogens with zero attached hydrogens (tertiary/aromatic N) is 1. The van der Waals surface area contributed by atoms with Gasteiger partial charge in [0.25, 0.3) is 0 Å². The van der Waals surface area contributed by atoms with Gasteiger partial charge in [-0.2, -0.15) is 0 Å². The van der Waals surface area contributed by atoms with E-state index in [2.05, 4.69) is 32.6 Å². The van der Waals surface area contributed by atoms with E-state index < -0.39 is 0 Å². The van der Waals surface area contributed by atoms with Crippen molar-refractivity contribution in [2.75, 3.05) is 6.54 Å². The Morgan fingerprint density at radius 3 is 2.00 bits per heavy atom. The summed E-state index contributed by atoms with van der Waals surface area (Å²) in [5.41, 5.74) is 5.38. The third kappa shape index (κ3) is 4.09. The molecule has 0 bridgehead atoms. The predicted molar refractivity (Wildman–Crippen MR) is 60.0 cm³/mol. The second-order valence-electron chi connectivity index (χ2n) is 4.51. The highest BCUT2D eigenvalue weighted by atomic mass is 16.1. The van der Waals surface area contributed by atoms with Crippen LogP contribution in [-0.2, 0) is 4.79 Å². The molecule has 0 aromatic rings. The molecule has 0 spiro atoms. The van der Waals surface area contributed by atoms with E-state index in [9.17, 15) is 4.79 Å². The molecule has 1 amide bonds. The highest BCUT2D eigenvalue weighted by Crippen LogP contribution is 2.11. The molecule has 0 aliphatic rings. The number of hydrogen-bond acceptors (Lipinski definition) is 2. The number of primary amides is 1. The van der Waals surface area contributed by atoms with Gasteiger partial charge in [-0.15, -0.1) is 0 Å². The summed E-state index contributed by atoms with van der Waals surface area (Å²) in [6.07, 6.45) is 0.792. The fraction of sp³-hybridized carbons (Fsp3) is 0.909. The fourth-order valence-electron chi connectivity index (χ4n) is 1.72. The Labute approximate surface area is 87.6 Å². The second kappa shape index (κ2) is 6.02. The first-order valence-electron chi connectivity index (χ1n) is 5.45. The van der Waals surface area contributed by atoms with Gasteiger partial charge in [0.05, 0.1) is 6.04 Å². The van der Waals surface area contributed by atoms with Gasteiger partial charge in [-0.1, -0.05) is 20.8 Å². The fourth-order valence-corrected chi connectivity index (χ4v) is 1.72. The highest BCUT2D eigenvalue weighted by molar-refractivity contribution is 5.79. The third-order valence-corrected chi connectivity index (χ3v) is 2.35. The summed E-state index contributed by atoms with van der Waals surface area (Å²) in [4.78, 5) is 13.4. The molecule has 0 saturated heterocycles. The maximum atomic E-state index is 11.2. The third-order valence-electron chi connectivity index (χ3n) is 2.35. The van der Waals surface area contributed by atoms with Gasteiger partial charge in [-0.25, -0.2) is 0 Å². The minimum Gasteiger partial charge on any atom is -0.368 e. The van der Waals surface area contributed by atoms with Crippen LogP contribution < -0.4 is 5.73 Å². The molecule has 3 nitrogen and oxygen atoms in total. The van der Waals surface area contributed by atoms with Gasteiger partial charge < -0.3 is 5.73 Å². The largest absolute Gasteiger partial charge is 0.368 e. The number of carbonyl (C=O) groups excluding carboxylic acids is 1. The zero-order valence-electron chi connectivity index (χ0n) is 10.1. The van der Waals surface area contributed by atoms with E-state index in [1.807, 2.05) is 6.92 Å². The zero-order chi connectivity index (χ0) is 11.3. The van der Waals surface area contributed by atoms with Crippen LogP contribution in [0.2, 0.25) is 0 Å². The van der Waals surface area contributed by atoms with Crippen molar-refractivity contribution >= 4 is 5.91 Å². The molecule has 0 rings (SSSR count). The molecule has 1 unspecified atom stereocenters. The molecule has 0 radical (unpaired) electrons. The zero-order valence-corrected chi connectivity index (χ0v) is 10.1. The Kier molecular flexibility index (Phi) is 5.77. The van der Waals surface area contributed by atoms with E-state index >= 15 is 0 Å². The molecule has 2 N–H and O–H groups in total. The average Bonchev–Trinajstić information content (AvgIpc) is 2.02. The Balaban J connectivity index is 4.52. The van der Waals surface area contributed by atoms with Crippen LogP contribution in [0.4, 0.5) is 0 Å². The van der Waals surface area contributed by atoms with Crippen LogP contribution in [-0.4, -0.2) is 29.4 Å². The first-order chi connectivity index (χ1) is 6.40. The van der Waals surface area contributed by atoms with Crippen LogP contribution in [0.1, 0.15) is 41.0 Å². The van der Waals surface area contributed by atoms with Gasteiger partial charge in [0.15, 0.2) is 0 Å². The van der Waals surface area contributed by atoms with Crippen molar-refractivity contribution in [3.8, 4) is 0 Å². The lowest BCUT2D eigenvalue weighted by Gasteiger charge is -2.33. The minimum atomic E-state index is -0.207. The smallest absolute Gasteiger partial charge is 0.234 e. The first-order valence-corrected chi connectivity index (χ1v) is 5.45. The number of carbonyl (C=O) groups is 1. The Morgan fingerprint density at radius 2 is 1.79 bits per heavy atom. The van der Waals surface area contributed by atoms with Crippen LogP contribution in [0, 0.1) is 5.92 Å². The molecule has 0 aliphatic carbocycles. The molecule has 0 aromatic heterocycles. The minimum absolute atomic E-state index is 0.114.